The van der Waals surface area contributed by atoms with Crippen LogP contribution in [0.5, 0.6) is 5.75 Å². The van der Waals surface area contributed by atoms with E-state index < -0.39 is 11.9 Å². The zero-order valence-corrected chi connectivity index (χ0v) is 9.11. The van der Waals surface area contributed by atoms with Gasteiger partial charge in [0.15, 0.2) is 11.6 Å². The summed E-state index contributed by atoms with van der Waals surface area (Å²) in [5.41, 5.74) is 0.536. The van der Waals surface area contributed by atoms with Crippen LogP contribution in [-0.2, 0) is 0 Å². The number of rotatable bonds is 6. The average molecular weight is 229 g/mol. The molecule has 0 bridgehead atoms. The first-order valence-corrected chi connectivity index (χ1v) is 5.12. The Bertz CT molecular complexity index is 333. The highest BCUT2D eigenvalue weighted by Crippen LogP contribution is 2.20. The van der Waals surface area contributed by atoms with Gasteiger partial charge in [-0.1, -0.05) is 0 Å². The van der Waals surface area contributed by atoms with Gasteiger partial charge >= 0.3 is 0 Å². The zero-order chi connectivity index (χ0) is 12.0. The van der Waals surface area contributed by atoms with E-state index >= 15 is 0 Å². The predicted octanol–water partition coefficient (Wildman–Crippen LogP) is 0.989. The Morgan fingerprint density at radius 2 is 2.25 bits per heavy atom. The fourth-order valence-corrected chi connectivity index (χ4v) is 1.18. The minimum Gasteiger partial charge on any atom is -0.491 e. The normalized spacial score (nSPS) is 12.2. The second kappa shape index (κ2) is 6.30. The van der Waals surface area contributed by atoms with Gasteiger partial charge in [-0.15, -0.1) is 0 Å². The van der Waals surface area contributed by atoms with Crippen LogP contribution in [0.1, 0.15) is 6.92 Å². The lowest BCUT2D eigenvalue weighted by Crippen LogP contribution is -2.22. The van der Waals surface area contributed by atoms with Gasteiger partial charge in [0.05, 0.1) is 19.3 Å². The van der Waals surface area contributed by atoms with E-state index in [4.69, 9.17) is 14.9 Å². The summed E-state index contributed by atoms with van der Waals surface area (Å²) < 4.78 is 18.4. The molecule has 0 amide bonds. The van der Waals surface area contributed by atoms with Crippen molar-refractivity contribution in [3.63, 3.8) is 0 Å². The van der Waals surface area contributed by atoms with E-state index in [-0.39, 0.29) is 18.9 Å². The van der Waals surface area contributed by atoms with Crippen molar-refractivity contribution in [3.8, 4) is 5.75 Å². The van der Waals surface area contributed by atoms with Crippen LogP contribution in [0, 0.1) is 5.82 Å². The molecular formula is C11H16FNO3. The van der Waals surface area contributed by atoms with Crippen molar-refractivity contribution in [1.82, 2.24) is 0 Å². The van der Waals surface area contributed by atoms with E-state index in [2.05, 4.69) is 5.32 Å². The third kappa shape index (κ3) is 3.67. The minimum atomic E-state index is -0.852. The first kappa shape index (κ1) is 12.7. The van der Waals surface area contributed by atoms with Crippen molar-refractivity contribution in [1.29, 1.82) is 0 Å². The van der Waals surface area contributed by atoms with E-state index in [0.29, 0.717) is 12.3 Å². The molecule has 0 spiro atoms. The second-order valence-electron chi connectivity index (χ2n) is 3.30. The van der Waals surface area contributed by atoms with E-state index in [9.17, 15) is 4.39 Å². The molecule has 1 rings (SSSR count). The lowest BCUT2D eigenvalue weighted by molar-refractivity contribution is 0.105. The first-order chi connectivity index (χ1) is 7.67. The highest BCUT2D eigenvalue weighted by molar-refractivity contribution is 5.47. The van der Waals surface area contributed by atoms with Gasteiger partial charge in [-0.25, -0.2) is 4.39 Å². The maximum Gasteiger partial charge on any atom is 0.167 e. The van der Waals surface area contributed by atoms with Crippen molar-refractivity contribution >= 4 is 5.69 Å². The number of hydrogen-bond donors (Lipinski definition) is 3. The lowest BCUT2D eigenvalue weighted by Gasteiger charge is -2.11. The smallest absolute Gasteiger partial charge is 0.167 e. The summed E-state index contributed by atoms with van der Waals surface area (Å²) in [4.78, 5) is 0. The molecule has 1 atom stereocenters. The number of nitrogens with one attached hydrogen (secondary N) is 1. The summed E-state index contributed by atoms with van der Waals surface area (Å²) >= 11 is 0. The number of aliphatic hydroxyl groups is 2. The van der Waals surface area contributed by atoms with Crippen LogP contribution < -0.4 is 10.1 Å². The Morgan fingerprint density at radius 1 is 1.50 bits per heavy atom. The summed E-state index contributed by atoms with van der Waals surface area (Å²) in [6.07, 6.45) is -0.852. The van der Waals surface area contributed by atoms with E-state index in [1.54, 1.807) is 13.0 Å². The molecule has 0 aliphatic heterocycles. The standard InChI is InChI=1S/C11H16FNO3/c1-2-16-11-4-3-8(5-10(11)12)13-6-9(15)7-14/h3-5,9,13-15H,2,6-7H2,1H3/t9-/m0/s1. The van der Waals surface area contributed by atoms with Gasteiger partial charge in [-0.2, -0.15) is 0 Å². The number of halogens is 1. The molecule has 0 aliphatic rings. The predicted molar refractivity (Wildman–Crippen MR) is 59.2 cm³/mol. The van der Waals surface area contributed by atoms with Crippen molar-refractivity contribution in [3.05, 3.63) is 24.0 Å². The molecule has 5 heteroatoms. The molecule has 4 nitrogen and oxygen atoms in total. The van der Waals surface area contributed by atoms with Gasteiger partial charge in [0.1, 0.15) is 0 Å². The molecule has 0 aromatic heterocycles. The van der Waals surface area contributed by atoms with Gasteiger partial charge in [0, 0.05) is 18.3 Å². The summed E-state index contributed by atoms with van der Waals surface area (Å²) in [5.74, 6) is -0.249. The average Bonchev–Trinajstić information content (AvgIpc) is 2.29. The number of anilines is 1. The molecule has 16 heavy (non-hydrogen) atoms. The van der Waals surface area contributed by atoms with Crippen LogP contribution in [0.15, 0.2) is 18.2 Å². The largest absolute Gasteiger partial charge is 0.491 e. The molecule has 0 saturated carbocycles. The van der Waals surface area contributed by atoms with Gasteiger partial charge in [0.2, 0.25) is 0 Å². The molecule has 0 heterocycles. The van der Waals surface area contributed by atoms with Gasteiger partial charge in [-0.3, -0.25) is 0 Å². The topological polar surface area (TPSA) is 61.7 Å². The summed E-state index contributed by atoms with van der Waals surface area (Å²) in [6, 6.07) is 4.46. The van der Waals surface area contributed by atoms with Gasteiger partial charge in [-0.05, 0) is 19.1 Å². The summed E-state index contributed by atoms with van der Waals surface area (Å²) in [5, 5.41) is 20.5. The highest BCUT2D eigenvalue weighted by Gasteiger charge is 2.05. The van der Waals surface area contributed by atoms with Crippen molar-refractivity contribution < 1.29 is 19.3 Å². The van der Waals surface area contributed by atoms with Crippen LogP contribution in [0.2, 0.25) is 0 Å². The van der Waals surface area contributed by atoms with Crippen LogP contribution in [-0.4, -0.2) is 36.1 Å². The Morgan fingerprint density at radius 3 is 2.81 bits per heavy atom. The summed E-state index contributed by atoms with van der Waals surface area (Å²) in [7, 11) is 0. The molecule has 90 valence electrons. The van der Waals surface area contributed by atoms with Crippen LogP contribution in [0.4, 0.5) is 10.1 Å². The SMILES string of the molecule is CCOc1ccc(NC[C@H](O)CO)cc1F. The van der Waals surface area contributed by atoms with Gasteiger partial charge in [0.25, 0.3) is 0 Å². The number of benzene rings is 1. The summed E-state index contributed by atoms with van der Waals surface area (Å²) in [6.45, 7) is 2.03. The van der Waals surface area contributed by atoms with Crippen molar-refractivity contribution in [2.24, 2.45) is 0 Å². The molecule has 0 fully saturated rings. The Balaban J connectivity index is 2.59. The zero-order valence-electron chi connectivity index (χ0n) is 9.11. The fourth-order valence-electron chi connectivity index (χ4n) is 1.18. The van der Waals surface area contributed by atoms with Crippen molar-refractivity contribution in [2.75, 3.05) is 25.1 Å². The molecule has 3 N–H and O–H groups in total. The monoisotopic (exact) mass is 229 g/mol. The Kier molecular flexibility index (Phi) is 5.01. The minimum absolute atomic E-state index is 0.171. The van der Waals surface area contributed by atoms with E-state index in [0.717, 1.165) is 0 Å². The lowest BCUT2D eigenvalue weighted by atomic mass is 10.2. The number of ether oxygens (including phenoxy) is 1. The maximum absolute atomic E-state index is 13.4. The van der Waals surface area contributed by atoms with Crippen LogP contribution >= 0.6 is 0 Å². The third-order valence-electron chi connectivity index (χ3n) is 1.98. The molecule has 0 radical (unpaired) electrons. The molecule has 0 saturated heterocycles. The van der Waals surface area contributed by atoms with E-state index in [1.807, 2.05) is 0 Å². The quantitative estimate of drug-likeness (QED) is 0.680. The second-order valence-corrected chi connectivity index (χ2v) is 3.30. The van der Waals surface area contributed by atoms with Gasteiger partial charge < -0.3 is 20.3 Å². The van der Waals surface area contributed by atoms with Crippen LogP contribution in [0.25, 0.3) is 0 Å². The highest BCUT2D eigenvalue weighted by atomic mass is 19.1. The maximum atomic E-state index is 13.4. The fraction of sp³-hybridized carbons (Fsp3) is 0.455. The molecule has 1 aromatic carbocycles. The number of hydrogen-bond acceptors (Lipinski definition) is 4. The van der Waals surface area contributed by atoms with Crippen molar-refractivity contribution in [2.45, 2.75) is 13.0 Å². The third-order valence-corrected chi connectivity index (χ3v) is 1.98. The molecule has 0 aliphatic carbocycles. The molecular weight excluding hydrogens is 213 g/mol. The number of aliphatic hydroxyl groups excluding tert-OH is 2. The first-order valence-electron chi connectivity index (χ1n) is 5.12. The van der Waals surface area contributed by atoms with Crippen LogP contribution in [0.3, 0.4) is 0 Å². The Hall–Kier alpha value is -1.33. The molecule has 1 aromatic rings. The van der Waals surface area contributed by atoms with E-state index in [1.165, 1.54) is 12.1 Å². The molecule has 0 unspecified atom stereocenters. The Labute approximate surface area is 93.7 Å².